The molecule has 5 heteroatoms. The van der Waals surface area contributed by atoms with E-state index in [2.05, 4.69) is 21.7 Å². The fourth-order valence-corrected chi connectivity index (χ4v) is 2.12. The molecule has 3 N–H and O–H groups in total. The van der Waals surface area contributed by atoms with Crippen molar-refractivity contribution in [1.29, 1.82) is 0 Å². The van der Waals surface area contributed by atoms with Gasteiger partial charge in [-0.25, -0.2) is 0 Å². The van der Waals surface area contributed by atoms with Gasteiger partial charge in [0.15, 0.2) is 0 Å². The van der Waals surface area contributed by atoms with Crippen LogP contribution in [0.4, 0.5) is 0 Å². The first-order valence-corrected chi connectivity index (χ1v) is 7.42. The van der Waals surface area contributed by atoms with Crippen LogP contribution in [0.1, 0.15) is 18.4 Å². The summed E-state index contributed by atoms with van der Waals surface area (Å²) < 4.78 is 0. The molecule has 0 spiro atoms. The SMILES string of the molecule is C=CCCCN=C/C(=N\N)c1ccc(-c2cc[nH]c(=O)c2)cc1. The van der Waals surface area contributed by atoms with E-state index in [0.29, 0.717) is 5.71 Å². The van der Waals surface area contributed by atoms with Crippen LogP contribution < -0.4 is 11.4 Å². The van der Waals surface area contributed by atoms with Crippen LogP contribution in [0.2, 0.25) is 0 Å². The number of rotatable bonds is 7. The molecule has 0 radical (unpaired) electrons. The molecule has 0 aliphatic carbocycles. The van der Waals surface area contributed by atoms with E-state index in [1.54, 1.807) is 18.5 Å². The number of hydrogen-bond acceptors (Lipinski definition) is 4. The molecule has 0 aliphatic rings. The zero-order valence-corrected chi connectivity index (χ0v) is 12.9. The first-order chi connectivity index (χ1) is 11.2. The van der Waals surface area contributed by atoms with Crippen LogP contribution in [0.25, 0.3) is 11.1 Å². The van der Waals surface area contributed by atoms with Crippen molar-refractivity contribution in [3.63, 3.8) is 0 Å². The third kappa shape index (κ3) is 4.78. The molecular formula is C18H20N4O. The van der Waals surface area contributed by atoms with Gasteiger partial charge in [0.25, 0.3) is 0 Å². The summed E-state index contributed by atoms with van der Waals surface area (Å²) in [7, 11) is 0. The second-order valence-electron chi connectivity index (χ2n) is 5.00. The molecule has 2 aromatic rings. The molecule has 0 amide bonds. The highest BCUT2D eigenvalue weighted by molar-refractivity contribution is 6.38. The normalized spacial score (nSPS) is 11.7. The van der Waals surface area contributed by atoms with Gasteiger partial charge in [0, 0.05) is 30.6 Å². The summed E-state index contributed by atoms with van der Waals surface area (Å²) in [6.45, 7) is 4.40. The van der Waals surface area contributed by atoms with E-state index in [1.807, 2.05) is 36.4 Å². The molecule has 1 aromatic carbocycles. The third-order valence-electron chi connectivity index (χ3n) is 3.34. The first kappa shape index (κ1) is 16.4. The smallest absolute Gasteiger partial charge is 0.248 e. The standard InChI is InChI=1S/C18H20N4O/c1-2-3-4-10-20-13-17(22-19)15-7-5-14(6-8-15)16-9-11-21-18(23)12-16/h2,5-9,11-13H,1,3-4,10,19H2,(H,21,23)/b20-13?,22-17+. The zero-order valence-electron chi connectivity index (χ0n) is 12.9. The van der Waals surface area contributed by atoms with Crippen LogP contribution in [0.15, 0.2) is 70.1 Å². The summed E-state index contributed by atoms with van der Waals surface area (Å²) in [5, 5.41) is 3.78. The molecule has 0 saturated heterocycles. The van der Waals surface area contributed by atoms with Gasteiger partial charge in [0.2, 0.25) is 5.56 Å². The average Bonchev–Trinajstić information content (AvgIpc) is 2.58. The van der Waals surface area contributed by atoms with Crippen molar-refractivity contribution in [3.05, 3.63) is 71.2 Å². The number of aromatic nitrogens is 1. The summed E-state index contributed by atoms with van der Waals surface area (Å²) in [5.74, 6) is 5.45. The van der Waals surface area contributed by atoms with Gasteiger partial charge < -0.3 is 10.8 Å². The van der Waals surface area contributed by atoms with Gasteiger partial charge >= 0.3 is 0 Å². The fourth-order valence-electron chi connectivity index (χ4n) is 2.12. The minimum atomic E-state index is -0.123. The third-order valence-corrected chi connectivity index (χ3v) is 3.34. The molecule has 1 heterocycles. The summed E-state index contributed by atoms with van der Waals surface area (Å²) in [5.41, 5.74) is 3.21. The monoisotopic (exact) mass is 308 g/mol. The maximum Gasteiger partial charge on any atom is 0.248 e. The Morgan fingerprint density at radius 1 is 1.22 bits per heavy atom. The number of allylic oxidation sites excluding steroid dienone is 1. The molecule has 1 aromatic heterocycles. The number of nitrogens with two attached hydrogens (primary N) is 1. The first-order valence-electron chi connectivity index (χ1n) is 7.42. The van der Waals surface area contributed by atoms with Gasteiger partial charge in [0.1, 0.15) is 5.71 Å². The summed E-state index contributed by atoms with van der Waals surface area (Å²) in [6, 6.07) is 11.1. The second-order valence-corrected chi connectivity index (χ2v) is 5.00. The number of aromatic amines is 1. The molecule has 118 valence electrons. The molecular weight excluding hydrogens is 288 g/mol. The van der Waals surface area contributed by atoms with Gasteiger partial charge in [-0.2, -0.15) is 5.10 Å². The lowest BCUT2D eigenvalue weighted by Gasteiger charge is -2.04. The molecule has 23 heavy (non-hydrogen) atoms. The van der Waals surface area contributed by atoms with E-state index in [0.717, 1.165) is 36.1 Å². The molecule has 0 aliphatic heterocycles. The van der Waals surface area contributed by atoms with Crippen LogP contribution in [-0.4, -0.2) is 23.5 Å². The topological polar surface area (TPSA) is 83.6 Å². The Kier molecular flexibility index (Phi) is 6.06. The Hall–Kier alpha value is -2.95. The zero-order chi connectivity index (χ0) is 16.5. The Bertz CT molecular complexity index is 757. The van der Waals surface area contributed by atoms with Gasteiger partial charge in [-0.15, -0.1) is 6.58 Å². The van der Waals surface area contributed by atoms with Crippen molar-refractivity contribution >= 4 is 11.9 Å². The number of hydrogen-bond donors (Lipinski definition) is 2. The Labute approximate surface area is 135 Å². The summed E-state index contributed by atoms with van der Waals surface area (Å²) in [4.78, 5) is 18.3. The van der Waals surface area contributed by atoms with Crippen LogP contribution in [0, 0.1) is 0 Å². The van der Waals surface area contributed by atoms with E-state index in [4.69, 9.17) is 5.84 Å². The number of benzene rings is 1. The molecule has 0 fully saturated rings. The van der Waals surface area contributed by atoms with Crippen LogP contribution in [0.5, 0.6) is 0 Å². The number of aliphatic imine (C=N–C) groups is 1. The highest BCUT2D eigenvalue weighted by Gasteiger charge is 2.03. The Morgan fingerprint density at radius 2 is 2.00 bits per heavy atom. The number of hydrazone groups is 1. The number of nitrogens with zero attached hydrogens (tertiary/aromatic N) is 2. The van der Waals surface area contributed by atoms with Crippen molar-refractivity contribution in [2.45, 2.75) is 12.8 Å². The number of pyridine rings is 1. The highest BCUT2D eigenvalue weighted by atomic mass is 16.1. The van der Waals surface area contributed by atoms with E-state index in [-0.39, 0.29) is 5.56 Å². The largest absolute Gasteiger partial charge is 0.329 e. The van der Waals surface area contributed by atoms with Gasteiger partial charge in [-0.1, -0.05) is 30.3 Å². The highest BCUT2D eigenvalue weighted by Crippen LogP contribution is 2.17. The summed E-state index contributed by atoms with van der Waals surface area (Å²) >= 11 is 0. The minimum absolute atomic E-state index is 0.123. The minimum Gasteiger partial charge on any atom is -0.329 e. The molecule has 0 unspecified atom stereocenters. The average molecular weight is 308 g/mol. The molecule has 0 bridgehead atoms. The Balaban J connectivity index is 2.11. The van der Waals surface area contributed by atoms with Crippen molar-refractivity contribution < 1.29 is 0 Å². The maximum absolute atomic E-state index is 11.4. The van der Waals surface area contributed by atoms with Crippen molar-refractivity contribution in [3.8, 4) is 11.1 Å². The predicted molar refractivity (Wildman–Crippen MR) is 96.0 cm³/mol. The van der Waals surface area contributed by atoms with E-state index < -0.39 is 0 Å². The number of H-pyrrole nitrogens is 1. The van der Waals surface area contributed by atoms with E-state index >= 15 is 0 Å². The van der Waals surface area contributed by atoms with Crippen LogP contribution >= 0.6 is 0 Å². The van der Waals surface area contributed by atoms with Gasteiger partial charge in [-0.3, -0.25) is 9.79 Å². The maximum atomic E-state index is 11.4. The Morgan fingerprint density at radius 3 is 2.65 bits per heavy atom. The van der Waals surface area contributed by atoms with Gasteiger partial charge in [0.05, 0.1) is 0 Å². The second kappa shape index (κ2) is 8.48. The molecule has 5 nitrogen and oxygen atoms in total. The van der Waals surface area contributed by atoms with E-state index in [1.165, 1.54) is 0 Å². The van der Waals surface area contributed by atoms with Crippen molar-refractivity contribution in [2.75, 3.05) is 6.54 Å². The van der Waals surface area contributed by atoms with Crippen molar-refractivity contribution in [1.82, 2.24) is 4.98 Å². The lowest BCUT2D eigenvalue weighted by molar-refractivity contribution is 0.861. The van der Waals surface area contributed by atoms with Crippen LogP contribution in [0.3, 0.4) is 0 Å². The number of nitrogens with one attached hydrogen (secondary N) is 1. The fraction of sp³-hybridized carbons (Fsp3) is 0.167. The summed E-state index contributed by atoms with van der Waals surface area (Å²) in [6.07, 6.45) is 7.09. The van der Waals surface area contributed by atoms with E-state index in [9.17, 15) is 4.79 Å². The predicted octanol–water partition coefficient (Wildman–Crippen LogP) is 2.74. The molecule has 0 atom stereocenters. The molecule has 2 rings (SSSR count). The van der Waals surface area contributed by atoms with Crippen molar-refractivity contribution in [2.24, 2.45) is 15.9 Å². The lowest BCUT2D eigenvalue weighted by atomic mass is 10.0. The molecule has 0 saturated carbocycles. The van der Waals surface area contributed by atoms with Gasteiger partial charge in [-0.05, 0) is 30.0 Å². The number of unbranched alkanes of at least 4 members (excludes halogenated alkanes) is 1. The lowest BCUT2D eigenvalue weighted by Crippen LogP contribution is -2.06. The van der Waals surface area contributed by atoms with Crippen LogP contribution in [-0.2, 0) is 0 Å². The quantitative estimate of drug-likeness (QED) is 0.271.